The van der Waals surface area contributed by atoms with Crippen LogP contribution in [-0.2, 0) is 29.1 Å². The Morgan fingerprint density at radius 3 is 2.47 bits per heavy atom. The number of aliphatic hydroxyl groups excluding tert-OH is 1. The minimum absolute atomic E-state index is 0.0151. The summed E-state index contributed by atoms with van der Waals surface area (Å²) in [6.07, 6.45) is 4.06. The molecule has 2 heterocycles. The van der Waals surface area contributed by atoms with Gasteiger partial charge in [0.2, 0.25) is 28.1 Å². The van der Waals surface area contributed by atoms with Crippen LogP contribution in [0.5, 0.6) is 5.75 Å². The second kappa shape index (κ2) is 18.0. The molecule has 0 spiro atoms. The molecule has 5 rings (SSSR count). The summed E-state index contributed by atoms with van der Waals surface area (Å²) in [4.78, 5) is 38.4. The largest absolute Gasteiger partial charge is 0.497 e. The molecule has 2 amide bonds. The van der Waals surface area contributed by atoms with Crippen molar-refractivity contribution in [3.05, 3.63) is 96.4 Å². The molecule has 1 aliphatic heterocycles. The van der Waals surface area contributed by atoms with Gasteiger partial charge in [0.15, 0.2) is 5.76 Å². The number of nitrogens with one attached hydrogen (secondary N) is 2. The van der Waals surface area contributed by atoms with Gasteiger partial charge >= 0.3 is 0 Å². The van der Waals surface area contributed by atoms with Gasteiger partial charge in [0.1, 0.15) is 5.75 Å². The van der Waals surface area contributed by atoms with E-state index in [9.17, 15) is 27.9 Å². The average molecular weight is 748 g/mol. The van der Waals surface area contributed by atoms with Crippen LogP contribution in [0.4, 0.5) is 11.4 Å². The summed E-state index contributed by atoms with van der Waals surface area (Å²) in [5, 5.41) is 16.1. The minimum Gasteiger partial charge on any atom is -0.497 e. The van der Waals surface area contributed by atoms with Crippen molar-refractivity contribution in [1.82, 2.24) is 14.2 Å². The highest BCUT2D eigenvalue weighted by molar-refractivity contribution is 7.89. The van der Waals surface area contributed by atoms with Crippen molar-refractivity contribution in [2.75, 3.05) is 51.0 Å². The van der Waals surface area contributed by atoms with Crippen molar-refractivity contribution in [3.8, 4) is 5.75 Å². The monoisotopic (exact) mass is 747 g/mol. The van der Waals surface area contributed by atoms with Crippen LogP contribution in [0.3, 0.4) is 0 Å². The number of nitrogens with two attached hydrogens (primary N) is 1. The maximum atomic E-state index is 13.4. The van der Waals surface area contributed by atoms with Crippen molar-refractivity contribution in [3.63, 3.8) is 0 Å². The fourth-order valence-electron chi connectivity index (χ4n) is 6.07. The number of allylic oxidation sites excluding steroid dienone is 1. The van der Waals surface area contributed by atoms with Gasteiger partial charge < -0.3 is 35.7 Å². The van der Waals surface area contributed by atoms with Crippen molar-refractivity contribution in [2.24, 2.45) is 0 Å². The maximum absolute atomic E-state index is 13.4. The second-order valence-corrected chi connectivity index (χ2v) is 14.4. The Labute approximate surface area is 308 Å². The molecule has 0 saturated carbocycles. The number of unbranched alkanes of at least 4 members (excludes halogenated alkanes) is 1. The van der Waals surface area contributed by atoms with E-state index in [2.05, 4.69) is 10.6 Å². The summed E-state index contributed by atoms with van der Waals surface area (Å²) in [6.45, 7) is 0.981. The smallest absolute Gasteiger partial charge is 0.286 e. The van der Waals surface area contributed by atoms with E-state index < -0.39 is 34.7 Å². The normalized spacial score (nSPS) is 15.8. The molecular formula is C38H45N5O9S. The second-order valence-electron chi connectivity index (χ2n) is 12.4. The number of amides is 2. The zero-order valence-corrected chi connectivity index (χ0v) is 30.5. The van der Waals surface area contributed by atoms with Gasteiger partial charge in [-0.1, -0.05) is 30.3 Å². The van der Waals surface area contributed by atoms with E-state index in [0.717, 1.165) is 20.8 Å². The van der Waals surface area contributed by atoms with Crippen molar-refractivity contribution in [2.45, 2.75) is 49.7 Å². The lowest BCUT2D eigenvalue weighted by atomic mass is 9.92. The molecule has 14 nitrogen and oxygen atoms in total. The molecule has 0 radical (unpaired) electrons. The zero-order chi connectivity index (χ0) is 38.0. The fraction of sp³-hybridized carbons (Fsp3) is 0.342. The number of rotatable bonds is 17. The molecule has 15 heteroatoms. The number of benzene rings is 3. The number of aliphatic hydroxyl groups is 1. The SMILES string of the molecule is COc1ccc(S(=O)(=O)N(CCO)CCO[C@H]2C[C@@H](c3cn(C(C)=O)c4ccccc34)C=C(C(=O)NCCCCC(=O)Nc3ccccc3N)O2)cc1. The van der Waals surface area contributed by atoms with Gasteiger partial charge in [-0.05, 0) is 66.9 Å². The van der Waals surface area contributed by atoms with Crippen LogP contribution in [-0.4, -0.2) is 86.4 Å². The molecule has 0 unspecified atom stereocenters. The Bertz CT molecular complexity index is 2050. The highest BCUT2D eigenvalue weighted by Gasteiger charge is 2.32. The van der Waals surface area contributed by atoms with E-state index in [-0.39, 0.29) is 61.6 Å². The van der Waals surface area contributed by atoms with Crippen LogP contribution in [0.25, 0.3) is 10.9 Å². The molecule has 4 aromatic rings. The van der Waals surface area contributed by atoms with Gasteiger partial charge in [-0.2, -0.15) is 4.31 Å². The third-order valence-electron chi connectivity index (χ3n) is 8.80. The molecule has 3 aromatic carbocycles. The summed E-state index contributed by atoms with van der Waals surface area (Å²) in [6, 6.07) is 20.4. The number of hydrogen-bond acceptors (Lipinski definition) is 10. The Balaban J connectivity index is 1.26. The van der Waals surface area contributed by atoms with E-state index in [1.807, 2.05) is 24.3 Å². The van der Waals surface area contributed by atoms with E-state index in [4.69, 9.17) is 19.9 Å². The van der Waals surface area contributed by atoms with Crippen LogP contribution in [0.1, 0.15) is 48.9 Å². The third kappa shape index (κ3) is 9.81. The first-order chi connectivity index (χ1) is 25.5. The molecule has 1 aromatic heterocycles. The number of methoxy groups -OCH3 is 1. The predicted octanol–water partition coefficient (Wildman–Crippen LogP) is 4.23. The topological polar surface area (TPSA) is 192 Å². The summed E-state index contributed by atoms with van der Waals surface area (Å²) in [5.41, 5.74) is 8.44. The van der Waals surface area contributed by atoms with Gasteiger partial charge in [-0.3, -0.25) is 19.0 Å². The molecule has 2 atom stereocenters. The average Bonchev–Trinajstić information content (AvgIpc) is 3.55. The van der Waals surface area contributed by atoms with Crippen LogP contribution in [0.2, 0.25) is 0 Å². The molecule has 0 saturated heterocycles. The van der Waals surface area contributed by atoms with E-state index in [0.29, 0.717) is 30.0 Å². The number of para-hydroxylation sites is 3. The lowest BCUT2D eigenvalue weighted by Gasteiger charge is -2.30. The van der Waals surface area contributed by atoms with Crippen molar-refractivity contribution < 1.29 is 42.1 Å². The third-order valence-corrected chi connectivity index (χ3v) is 10.7. The Morgan fingerprint density at radius 2 is 1.75 bits per heavy atom. The number of anilines is 2. The first-order valence-electron chi connectivity index (χ1n) is 17.3. The van der Waals surface area contributed by atoms with Gasteiger partial charge in [0.05, 0.1) is 42.1 Å². The standard InChI is InChI=1S/C38H45N5O9S/c1-26(45)43-25-31(30-9-3-6-12-34(30)43)27-23-35(38(47)40-18-8-7-13-36(46)41-33-11-5-4-10-32(33)39)52-37(24-27)51-22-20-42(19-21-44)53(48,49)29-16-14-28(50-2)15-17-29/h3-6,9-12,14-17,23,25,27,37,44H,7-8,13,18-22,24,39H2,1-2H3,(H,40,47)(H,41,46)/t27-,37+/m0/s1. The summed E-state index contributed by atoms with van der Waals surface area (Å²) < 4.78 is 46.7. The molecule has 0 bridgehead atoms. The van der Waals surface area contributed by atoms with Gasteiger partial charge in [-0.25, -0.2) is 8.42 Å². The number of nitrogens with zero attached hydrogens (tertiary/aromatic N) is 2. The lowest BCUT2D eigenvalue weighted by molar-refractivity contribution is -0.146. The highest BCUT2D eigenvalue weighted by atomic mass is 32.2. The summed E-state index contributed by atoms with van der Waals surface area (Å²) in [5.74, 6) is -0.718. The quantitative estimate of drug-likeness (QED) is 0.0898. The Kier molecular flexibility index (Phi) is 13.3. The first kappa shape index (κ1) is 39.0. The number of nitrogen functional groups attached to an aromatic ring is 1. The van der Waals surface area contributed by atoms with Crippen LogP contribution in [0.15, 0.2) is 95.7 Å². The Morgan fingerprint density at radius 1 is 1.02 bits per heavy atom. The van der Waals surface area contributed by atoms with E-state index in [1.54, 1.807) is 41.1 Å². The summed E-state index contributed by atoms with van der Waals surface area (Å²) in [7, 11) is -2.50. The lowest BCUT2D eigenvalue weighted by Crippen LogP contribution is -2.38. The van der Waals surface area contributed by atoms with Gasteiger partial charge in [0, 0.05) is 56.9 Å². The number of ether oxygens (including phenoxy) is 3. The molecular weight excluding hydrogens is 703 g/mol. The molecule has 282 valence electrons. The Hall–Kier alpha value is -5.22. The van der Waals surface area contributed by atoms with Gasteiger partial charge in [0.25, 0.3) is 5.91 Å². The number of sulfonamides is 1. The van der Waals surface area contributed by atoms with Crippen LogP contribution < -0.4 is 21.1 Å². The molecule has 1 aliphatic rings. The number of hydrogen-bond donors (Lipinski definition) is 4. The summed E-state index contributed by atoms with van der Waals surface area (Å²) >= 11 is 0. The molecule has 5 N–H and O–H groups in total. The molecule has 0 fully saturated rings. The number of fused-ring (bicyclic) bond motifs is 1. The maximum Gasteiger partial charge on any atom is 0.286 e. The number of aromatic nitrogens is 1. The minimum atomic E-state index is -3.98. The molecule has 53 heavy (non-hydrogen) atoms. The molecule has 0 aliphatic carbocycles. The first-order valence-corrected chi connectivity index (χ1v) is 18.7. The van der Waals surface area contributed by atoms with Gasteiger partial charge in [-0.15, -0.1) is 0 Å². The van der Waals surface area contributed by atoms with Crippen LogP contribution >= 0.6 is 0 Å². The number of carbonyl (C=O) groups is 3. The fourth-order valence-corrected chi connectivity index (χ4v) is 7.48. The predicted molar refractivity (Wildman–Crippen MR) is 200 cm³/mol. The highest BCUT2D eigenvalue weighted by Crippen LogP contribution is 2.36. The van der Waals surface area contributed by atoms with E-state index >= 15 is 0 Å². The number of carbonyl (C=O) groups excluding carboxylic acids is 3. The van der Waals surface area contributed by atoms with Crippen molar-refractivity contribution >= 4 is 50.0 Å². The van der Waals surface area contributed by atoms with Crippen LogP contribution in [0, 0.1) is 0 Å². The van der Waals surface area contributed by atoms with E-state index in [1.165, 1.54) is 38.3 Å². The zero-order valence-electron chi connectivity index (χ0n) is 29.7. The van der Waals surface area contributed by atoms with Crippen molar-refractivity contribution in [1.29, 1.82) is 0 Å².